The van der Waals surface area contributed by atoms with Crippen LogP contribution >= 0.6 is 22.6 Å². The first-order valence-corrected chi connectivity index (χ1v) is 7.67. The van der Waals surface area contributed by atoms with E-state index < -0.39 is 11.0 Å². The summed E-state index contributed by atoms with van der Waals surface area (Å²) in [6, 6.07) is 10.6. The van der Waals surface area contributed by atoms with Gasteiger partial charge < -0.3 is 0 Å². The highest BCUT2D eigenvalue weighted by atomic mass is 127. The van der Waals surface area contributed by atoms with Crippen LogP contribution in [0.1, 0.15) is 32.4 Å². The largest absolute Gasteiger partial charge is 0.242 e. The van der Waals surface area contributed by atoms with Crippen LogP contribution in [0.4, 0.5) is 0 Å². The van der Waals surface area contributed by atoms with Crippen LogP contribution in [0.5, 0.6) is 0 Å². The first kappa shape index (κ1) is 12.5. The maximum atomic E-state index is 12.3. The van der Waals surface area contributed by atoms with Crippen molar-refractivity contribution in [1.82, 2.24) is 4.31 Å². The Bertz CT molecular complexity index is 401. The van der Waals surface area contributed by atoms with Crippen molar-refractivity contribution >= 4 is 33.6 Å². The van der Waals surface area contributed by atoms with Crippen molar-refractivity contribution in [2.75, 3.05) is 0 Å². The molecule has 4 heteroatoms. The van der Waals surface area contributed by atoms with Crippen LogP contribution in [0.2, 0.25) is 0 Å². The fraction of sp³-hybridized carbons (Fsp3) is 0.500. The minimum Gasteiger partial charge on any atom is -0.242 e. The molecule has 0 aliphatic carbocycles. The van der Waals surface area contributed by atoms with Crippen LogP contribution in [-0.4, -0.2) is 17.3 Å². The van der Waals surface area contributed by atoms with Gasteiger partial charge >= 0.3 is 0 Å². The lowest BCUT2D eigenvalue weighted by Crippen LogP contribution is -2.27. The maximum Gasteiger partial charge on any atom is 0.101 e. The Balaban J connectivity index is 2.16. The lowest BCUT2D eigenvalue weighted by Gasteiger charge is -2.18. The van der Waals surface area contributed by atoms with Gasteiger partial charge in [-0.3, -0.25) is 0 Å². The summed E-state index contributed by atoms with van der Waals surface area (Å²) < 4.78 is 14.5. The number of hydrogen-bond donors (Lipinski definition) is 0. The van der Waals surface area contributed by atoms with E-state index in [1.807, 2.05) is 39.0 Å². The first-order valence-electron chi connectivity index (χ1n) is 5.32. The maximum absolute atomic E-state index is 12.3. The molecular weight excluding hydrogens is 333 g/mol. The lowest BCUT2D eigenvalue weighted by molar-refractivity contribution is 0.606. The van der Waals surface area contributed by atoms with E-state index in [0.29, 0.717) is 10.1 Å². The van der Waals surface area contributed by atoms with Gasteiger partial charge in [-0.05, 0) is 26.3 Å². The van der Waals surface area contributed by atoms with E-state index in [1.165, 1.54) is 5.56 Å². The summed E-state index contributed by atoms with van der Waals surface area (Å²) >= 11 is 2.37. The molecule has 0 saturated carbocycles. The fourth-order valence-electron chi connectivity index (χ4n) is 1.65. The lowest BCUT2D eigenvalue weighted by atomic mass is 10.2. The Labute approximate surface area is 113 Å². The van der Waals surface area contributed by atoms with Crippen molar-refractivity contribution in [2.24, 2.45) is 0 Å². The zero-order chi connectivity index (χ0) is 11.9. The molecule has 0 aromatic heterocycles. The third-order valence-corrected chi connectivity index (χ3v) is 6.09. The second-order valence-corrected chi connectivity index (χ2v) is 8.37. The van der Waals surface area contributed by atoms with Crippen LogP contribution in [0.15, 0.2) is 30.3 Å². The van der Waals surface area contributed by atoms with Gasteiger partial charge in [-0.2, -0.15) is 4.31 Å². The summed E-state index contributed by atoms with van der Waals surface area (Å²) in [5, 5.41) is 0. The zero-order valence-corrected chi connectivity index (χ0v) is 12.7. The predicted molar refractivity (Wildman–Crippen MR) is 76.7 cm³/mol. The van der Waals surface area contributed by atoms with Gasteiger partial charge in [0.05, 0.1) is 14.8 Å². The smallest absolute Gasteiger partial charge is 0.101 e. The summed E-state index contributed by atoms with van der Waals surface area (Å²) in [5.74, 6) is 0. The average Bonchev–Trinajstić information content (AvgIpc) is 2.88. The van der Waals surface area contributed by atoms with Crippen molar-refractivity contribution in [1.29, 1.82) is 0 Å². The number of benzene rings is 1. The normalized spacial score (nSPS) is 31.1. The first-order chi connectivity index (χ1) is 7.43. The van der Waals surface area contributed by atoms with Gasteiger partial charge in [-0.15, -0.1) is 0 Å². The number of alkyl halides is 1. The predicted octanol–water partition coefficient (Wildman–Crippen LogP) is 3.27. The van der Waals surface area contributed by atoms with Crippen molar-refractivity contribution in [2.45, 2.75) is 35.6 Å². The molecule has 1 aromatic carbocycles. The third kappa shape index (κ3) is 2.33. The molecule has 1 saturated heterocycles. The molecule has 88 valence electrons. The van der Waals surface area contributed by atoms with E-state index in [4.69, 9.17) is 0 Å². The molecule has 0 N–H and O–H groups in total. The quantitative estimate of drug-likeness (QED) is 0.347. The molecule has 1 heterocycles. The molecular formula is C12H16INOS. The molecule has 2 nitrogen and oxygen atoms in total. The van der Waals surface area contributed by atoms with E-state index in [-0.39, 0.29) is 4.75 Å². The average molecular weight is 349 g/mol. The highest BCUT2D eigenvalue weighted by molar-refractivity contribution is 14.1. The summed E-state index contributed by atoms with van der Waals surface area (Å²) in [6.45, 7) is 6.06. The van der Waals surface area contributed by atoms with Crippen molar-refractivity contribution in [3.8, 4) is 0 Å². The Kier molecular flexibility index (Phi) is 3.43. The molecule has 1 aliphatic rings. The Hall–Kier alpha value is 0.0600. The summed E-state index contributed by atoms with van der Waals surface area (Å²) in [7, 11) is -0.913. The van der Waals surface area contributed by atoms with E-state index in [1.54, 1.807) is 0 Å². The van der Waals surface area contributed by atoms with E-state index in [0.717, 1.165) is 0 Å². The molecule has 0 amide bonds. The number of halogens is 1. The SMILES string of the molecule is CC(C)(C)[S@@](=O)N1[C@H](I)[C@@H]1c1ccccc1. The second-order valence-electron chi connectivity index (χ2n) is 4.95. The van der Waals surface area contributed by atoms with Crippen LogP contribution in [-0.2, 0) is 11.0 Å². The van der Waals surface area contributed by atoms with Gasteiger partial charge in [0.1, 0.15) is 11.0 Å². The minimum absolute atomic E-state index is 0.174. The number of rotatable bonds is 2. The molecule has 0 bridgehead atoms. The highest BCUT2D eigenvalue weighted by Crippen LogP contribution is 2.50. The van der Waals surface area contributed by atoms with E-state index in [9.17, 15) is 4.21 Å². The minimum atomic E-state index is -0.913. The Morgan fingerprint density at radius 1 is 1.25 bits per heavy atom. The third-order valence-electron chi connectivity index (χ3n) is 2.54. The summed E-state index contributed by atoms with van der Waals surface area (Å²) in [4.78, 5) is 0. The second kappa shape index (κ2) is 4.38. The van der Waals surface area contributed by atoms with Crippen molar-refractivity contribution in [3.63, 3.8) is 0 Å². The number of hydrogen-bond acceptors (Lipinski definition) is 1. The monoisotopic (exact) mass is 349 g/mol. The van der Waals surface area contributed by atoms with E-state index in [2.05, 4.69) is 39.0 Å². The molecule has 16 heavy (non-hydrogen) atoms. The molecule has 2 rings (SSSR count). The molecule has 4 atom stereocenters. The van der Waals surface area contributed by atoms with Crippen LogP contribution < -0.4 is 0 Å². The van der Waals surface area contributed by atoms with Gasteiger partial charge in [-0.1, -0.05) is 52.9 Å². The van der Waals surface area contributed by atoms with Crippen LogP contribution in [0.3, 0.4) is 0 Å². The summed E-state index contributed by atoms with van der Waals surface area (Å²) in [5.41, 5.74) is 1.26. The van der Waals surface area contributed by atoms with E-state index >= 15 is 0 Å². The van der Waals surface area contributed by atoms with Crippen LogP contribution in [0.25, 0.3) is 0 Å². The molecule has 1 unspecified atom stereocenters. The van der Waals surface area contributed by atoms with Gasteiger partial charge in [-0.25, -0.2) is 4.21 Å². The topological polar surface area (TPSA) is 20.1 Å². The van der Waals surface area contributed by atoms with Crippen molar-refractivity contribution in [3.05, 3.63) is 35.9 Å². The van der Waals surface area contributed by atoms with Gasteiger partial charge in [0.15, 0.2) is 0 Å². The van der Waals surface area contributed by atoms with Crippen molar-refractivity contribution < 1.29 is 4.21 Å². The molecule has 1 aromatic rings. The molecule has 0 spiro atoms. The summed E-state index contributed by atoms with van der Waals surface area (Å²) in [6.07, 6.45) is 0. The number of nitrogens with zero attached hydrogens (tertiary/aromatic N) is 1. The molecule has 1 fully saturated rings. The zero-order valence-electron chi connectivity index (χ0n) is 9.68. The molecule has 0 radical (unpaired) electrons. The van der Waals surface area contributed by atoms with Gasteiger partial charge in [0.2, 0.25) is 0 Å². The highest BCUT2D eigenvalue weighted by Gasteiger charge is 2.52. The van der Waals surface area contributed by atoms with Gasteiger partial charge in [0.25, 0.3) is 0 Å². The molecule has 1 aliphatic heterocycles. The standard InChI is InChI=1S/C12H16INOS/c1-12(2,3)16(15)14-10(11(14)13)9-7-5-4-6-8-9/h4-8,10-11H,1-3H3/t10-,11-,14?,16+/m0/s1. The van der Waals surface area contributed by atoms with Crippen LogP contribution in [0, 0.1) is 0 Å². The van der Waals surface area contributed by atoms with Gasteiger partial charge in [0, 0.05) is 0 Å². The Morgan fingerprint density at radius 3 is 2.31 bits per heavy atom. The fourth-order valence-corrected chi connectivity index (χ4v) is 4.73. The Morgan fingerprint density at radius 2 is 1.81 bits per heavy atom.